The molecule has 1 saturated heterocycles. The third-order valence-electron chi connectivity index (χ3n) is 5.99. The van der Waals surface area contributed by atoms with Gasteiger partial charge in [-0.25, -0.2) is 15.0 Å². The van der Waals surface area contributed by atoms with Gasteiger partial charge in [-0.1, -0.05) is 23.4 Å². The lowest BCUT2D eigenvalue weighted by molar-refractivity contribution is 0.0350. The number of aliphatic hydroxyl groups is 1. The summed E-state index contributed by atoms with van der Waals surface area (Å²) in [5, 5.41) is 12.5. The van der Waals surface area contributed by atoms with Gasteiger partial charge in [0.1, 0.15) is 17.0 Å². The summed E-state index contributed by atoms with van der Waals surface area (Å²) in [4.78, 5) is 16.4. The third kappa shape index (κ3) is 4.19. The fourth-order valence-electron chi connectivity index (χ4n) is 4.02. The van der Waals surface area contributed by atoms with Crippen molar-refractivity contribution in [2.45, 2.75) is 37.4 Å². The number of rotatable bonds is 5. The Kier molecular flexibility index (Phi) is 6.38. The highest BCUT2D eigenvalue weighted by atomic mass is 35.5. The lowest BCUT2D eigenvalue weighted by Gasteiger charge is -2.36. The fraction of sp³-hybridized carbons (Fsp3) is 0.435. The van der Waals surface area contributed by atoms with Crippen LogP contribution < -0.4 is 14.4 Å². The standard InChI is InChI=1S/C23H27ClN4O3S/c1-13-16(30-3)11-17(31-4)19(24)18(13)15-10-14-12-25-22(32-5)27-20(14)21(26-15)28-8-6-23(2,29)7-9-28/h10-12,29H,6-9H2,1-5H3. The number of piperidine rings is 1. The number of methoxy groups -OCH3 is 2. The number of hydrogen-bond acceptors (Lipinski definition) is 8. The van der Waals surface area contributed by atoms with E-state index in [2.05, 4.69) is 9.88 Å². The Bertz CT molecular complexity index is 1130. The minimum absolute atomic E-state index is 0.479. The molecule has 1 aliphatic rings. The Morgan fingerprint density at radius 1 is 1.12 bits per heavy atom. The van der Waals surface area contributed by atoms with E-state index in [1.165, 1.54) is 11.8 Å². The second-order valence-corrected chi connectivity index (χ2v) is 9.36. The molecular formula is C23H27ClN4O3S. The van der Waals surface area contributed by atoms with Crippen LogP contribution in [0.25, 0.3) is 22.2 Å². The van der Waals surface area contributed by atoms with Gasteiger partial charge >= 0.3 is 0 Å². The summed E-state index contributed by atoms with van der Waals surface area (Å²) >= 11 is 8.24. The zero-order valence-electron chi connectivity index (χ0n) is 18.9. The van der Waals surface area contributed by atoms with Gasteiger partial charge < -0.3 is 19.5 Å². The highest BCUT2D eigenvalue weighted by Gasteiger charge is 2.30. The molecule has 0 radical (unpaired) electrons. The highest BCUT2D eigenvalue weighted by molar-refractivity contribution is 7.98. The number of thioether (sulfide) groups is 1. The number of benzene rings is 1. The van der Waals surface area contributed by atoms with Gasteiger partial charge in [0.25, 0.3) is 0 Å². The predicted molar refractivity (Wildman–Crippen MR) is 129 cm³/mol. The van der Waals surface area contributed by atoms with E-state index in [0.717, 1.165) is 27.8 Å². The van der Waals surface area contributed by atoms with Crippen LogP contribution in [0.1, 0.15) is 25.3 Å². The highest BCUT2D eigenvalue weighted by Crippen LogP contribution is 2.43. The number of hydrogen-bond donors (Lipinski definition) is 1. The van der Waals surface area contributed by atoms with Crippen LogP contribution in [-0.2, 0) is 0 Å². The topological polar surface area (TPSA) is 80.6 Å². The molecule has 0 amide bonds. The lowest BCUT2D eigenvalue weighted by Crippen LogP contribution is -2.43. The van der Waals surface area contributed by atoms with E-state index in [0.29, 0.717) is 53.3 Å². The van der Waals surface area contributed by atoms with Crippen LogP contribution in [0.5, 0.6) is 11.5 Å². The number of fused-ring (bicyclic) bond motifs is 1. The van der Waals surface area contributed by atoms with Gasteiger partial charge in [-0.15, -0.1) is 0 Å². The molecule has 1 N–H and O–H groups in total. The van der Waals surface area contributed by atoms with Crippen LogP contribution in [0, 0.1) is 6.92 Å². The zero-order valence-corrected chi connectivity index (χ0v) is 20.5. The molecular weight excluding hydrogens is 448 g/mol. The first-order chi connectivity index (χ1) is 15.3. The van der Waals surface area contributed by atoms with E-state index in [-0.39, 0.29) is 0 Å². The first kappa shape index (κ1) is 22.9. The number of halogens is 1. The summed E-state index contributed by atoms with van der Waals surface area (Å²) in [5.74, 6) is 1.96. The summed E-state index contributed by atoms with van der Waals surface area (Å²) < 4.78 is 11.0. The van der Waals surface area contributed by atoms with Crippen molar-refractivity contribution >= 4 is 40.1 Å². The summed E-state index contributed by atoms with van der Waals surface area (Å²) in [5.41, 5.74) is 2.45. The van der Waals surface area contributed by atoms with Crippen molar-refractivity contribution in [3.8, 4) is 22.8 Å². The Morgan fingerprint density at radius 3 is 2.44 bits per heavy atom. The van der Waals surface area contributed by atoms with Crippen LogP contribution in [0.4, 0.5) is 5.82 Å². The monoisotopic (exact) mass is 474 g/mol. The number of nitrogens with zero attached hydrogens (tertiary/aromatic N) is 4. The molecule has 0 bridgehead atoms. The van der Waals surface area contributed by atoms with Gasteiger partial charge in [-0.2, -0.15) is 0 Å². The predicted octanol–water partition coefficient (Wildman–Crippen LogP) is 4.74. The van der Waals surface area contributed by atoms with Crippen LogP contribution in [0.3, 0.4) is 0 Å². The van der Waals surface area contributed by atoms with E-state index in [9.17, 15) is 5.11 Å². The maximum atomic E-state index is 10.4. The molecule has 0 unspecified atom stereocenters. The van der Waals surface area contributed by atoms with Crippen LogP contribution in [-0.4, -0.2) is 59.2 Å². The number of anilines is 1. The summed E-state index contributed by atoms with van der Waals surface area (Å²) in [6.07, 6.45) is 5.09. The molecule has 2 aromatic heterocycles. The number of ether oxygens (including phenoxy) is 2. The average Bonchev–Trinajstić information content (AvgIpc) is 2.78. The second-order valence-electron chi connectivity index (χ2n) is 8.20. The largest absolute Gasteiger partial charge is 0.496 e. The minimum Gasteiger partial charge on any atom is -0.496 e. The average molecular weight is 475 g/mol. The van der Waals surface area contributed by atoms with E-state index in [4.69, 9.17) is 31.0 Å². The molecule has 3 heterocycles. The molecule has 170 valence electrons. The molecule has 0 saturated carbocycles. The molecule has 3 aromatic rings. The van der Waals surface area contributed by atoms with Crippen molar-refractivity contribution in [3.05, 3.63) is 28.9 Å². The summed E-state index contributed by atoms with van der Waals surface area (Å²) in [6, 6.07) is 3.74. The van der Waals surface area contributed by atoms with E-state index >= 15 is 0 Å². The van der Waals surface area contributed by atoms with Gasteiger partial charge in [-0.05, 0) is 39.0 Å². The van der Waals surface area contributed by atoms with Crippen LogP contribution in [0.2, 0.25) is 5.02 Å². The van der Waals surface area contributed by atoms with E-state index in [1.54, 1.807) is 20.3 Å². The second kappa shape index (κ2) is 8.92. The third-order valence-corrected chi connectivity index (χ3v) is 6.92. The Morgan fingerprint density at radius 2 is 1.81 bits per heavy atom. The molecule has 9 heteroatoms. The summed E-state index contributed by atoms with van der Waals surface area (Å²) in [6.45, 7) is 5.21. The van der Waals surface area contributed by atoms with Crippen molar-refractivity contribution in [3.63, 3.8) is 0 Å². The van der Waals surface area contributed by atoms with Gasteiger partial charge in [-0.3, -0.25) is 0 Å². The zero-order chi connectivity index (χ0) is 23.0. The van der Waals surface area contributed by atoms with E-state index < -0.39 is 5.60 Å². The normalized spacial score (nSPS) is 15.8. The van der Waals surface area contributed by atoms with Gasteiger partial charge in [0.2, 0.25) is 0 Å². The maximum Gasteiger partial charge on any atom is 0.187 e. The molecule has 0 aliphatic carbocycles. The SMILES string of the molecule is COc1cc(OC)c(Cl)c(-c2cc3cnc(SC)nc3c(N3CCC(C)(O)CC3)n2)c1C. The molecule has 1 aromatic carbocycles. The number of pyridine rings is 1. The Balaban J connectivity index is 1.95. The number of aromatic nitrogens is 3. The molecule has 1 fully saturated rings. The lowest BCUT2D eigenvalue weighted by atomic mass is 9.93. The van der Waals surface area contributed by atoms with Crippen molar-refractivity contribution in [2.75, 3.05) is 38.5 Å². The quantitative estimate of drug-likeness (QED) is 0.419. The Labute approximate surface area is 197 Å². The Hall–Kier alpha value is -2.29. The van der Waals surface area contributed by atoms with Crippen LogP contribution >= 0.6 is 23.4 Å². The molecule has 0 atom stereocenters. The van der Waals surface area contributed by atoms with Crippen molar-refractivity contribution in [1.82, 2.24) is 15.0 Å². The van der Waals surface area contributed by atoms with Crippen molar-refractivity contribution in [1.29, 1.82) is 0 Å². The molecule has 4 rings (SSSR count). The first-order valence-corrected chi connectivity index (χ1v) is 12.0. The minimum atomic E-state index is -0.663. The van der Waals surface area contributed by atoms with Gasteiger partial charge in [0.05, 0.1) is 30.5 Å². The van der Waals surface area contributed by atoms with Crippen molar-refractivity contribution < 1.29 is 14.6 Å². The van der Waals surface area contributed by atoms with Gasteiger partial charge in [0, 0.05) is 41.9 Å². The van der Waals surface area contributed by atoms with E-state index in [1.807, 2.05) is 32.4 Å². The molecule has 0 spiro atoms. The van der Waals surface area contributed by atoms with Gasteiger partial charge in [0.15, 0.2) is 11.0 Å². The smallest absolute Gasteiger partial charge is 0.187 e. The maximum absolute atomic E-state index is 10.4. The summed E-state index contributed by atoms with van der Waals surface area (Å²) in [7, 11) is 3.20. The molecule has 7 nitrogen and oxygen atoms in total. The first-order valence-electron chi connectivity index (χ1n) is 10.4. The molecule has 1 aliphatic heterocycles. The fourth-order valence-corrected chi connectivity index (χ4v) is 4.73. The van der Waals surface area contributed by atoms with Crippen molar-refractivity contribution in [2.24, 2.45) is 0 Å². The molecule has 32 heavy (non-hydrogen) atoms. The van der Waals surface area contributed by atoms with Crippen LogP contribution in [0.15, 0.2) is 23.5 Å².